The van der Waals surface area contributed by atoms with Crippen LogP contribution in [0.15, 0.2) is 12.3 Å². The van der Waals surface area contributed by atoms with Crippen LogP contribution in [0.3, 0.4) is 0 Å². The highest BCUT2D eigenvalue weighted by molar-refractivity contribution is 5.98. The number of fused-ring (bicyclic) bond motifs is 1. The lowest BCUT2D eigenvalue weighted by Crippen LogP contribution is -2.11. The van der Waals surface area contributed by atoms with E-state index in [1.807, 2.05) is 0 Å². The summed E-state index contributed by atoms with van der Waals surface area (Å²) in [7, 11) is 0. The predicted octanol–water partition coefficient (Wildman–Crippen LogP) is -0.371. The van der Waals surface area contributed by atoms with Crippen LogP contribution in [-0.4, -0.2) is 25.6 Å². The van der Waals surface area contributed by atoms with Gasteiger partial charge in [-0.3, -0.25) is 4.79 Å². The van der Waals surface area contributed by atoms with E-state index >= 15 is 0 Å². The van der Waals surface area contributed by atoms with Crippen LogP contribution in [0, 0.1) is 6.92 Å². The lowest BCUT2D eigenvalue weighted by Gasteiger charge is -2.02. The Morgan fingerprint density at radius 1 is 1.67 bits per heavy atom. The molecule has 3 N–H and O–H groups in total. The molecule has 0 bridgehead atoms. The molecule has 2 aromatic rings. The van der Waals surface area contributed by atoms with Crippen molar-refractivity contribution in [3.63, 3.8) is 0 Å². The third kappa shape index (κ3) is 1.44. The molecule has 0 aliphatic heterocycles. The Balaban J connectivity index is 2.80. The lowest BCUT2D eigenvalue weighted by molar-refractivity contribution is 0.100. The summed E-state index contributed by atoms with van der Waals surface area (Å²) in [6.07, 6.45) is 1.35. The maximum absolute atomic E-state index is 11.1. The number of aliphatic hydroxyl groups excluding tert-OH is 1. The molecule has 1 amide bonds. The molecule has 2 heterocycles. The van der Waals surface area contributed by atoms with Crippen LogP contribution in [0.5, 0.6) is 0 Å². The van der Waals surface area contributed by atoms with Crippen LogP contribution in [0.4, 0.5) is 0 Å². The first-order valence-electron chi connectivity index (χ1n) is 4.38. The van der Waals surface area contributed by atoms with Gasteiger partial charge in [0.1, 0.15) is 5.56 Å². The van der Waals surface area contributed by atoms with Crippen LogP contribution >= 0.6 is 0 Å². The monoisotopic (exact) mass is 206 g/mol. The highest BCUT2D eigenvalue weighted by Crippen LogP contribution is 2.11. The molecule has 2 aromatic heterocycles. The number of hydrogen-bond donors (Lipinski definition) is 2. The van der Waals surface area contributed by atoms with Crippen molar-refractivity contribution in [2.24, 2.45) is 5.73 Å². The van der Waals surface area contributed by atoms with E-state index in [-0.39, 0.29) is 12.2 Å². The molecule has 0 aliphatic rings. The van der Waals surface area contributed by atoms with Crippen LogP contribution < -0.4 is 5.73 Å². The van der Waals surface area contributed by atoms with E-state index in [2.05, 4.69) is 10.1 Å². The summed E-state index contributed by atoms with van der Waals surface area (Å²) in [5, 5.41) is 13.0. The standard InChI is InChI=1S/C9H10N4O2/c1-5-2-6(4-14)13-9(12-5)7(3-11-13)8(10)15/h2-3,14H,4H2,1H3,(H2,10,15). The fraction of sp³-hybridized carbons (Fsp3) is 0.222. The SMILES string of the molecule is Cc1cc(CO)n2ncc(C(N)=O)c2n1. The van der Waals surface area contributed by atoms with Crippen LogP contribution in [-0.2, 0) is 6.61 Å². The average Bonchev–Trinajstić information content (AvgIpc) is 2.59. The first-order chi connectivity index (χ1) is 7.13. The van der Waals surface area contributed by atoms with Gasteiger partial charge in [0.15, 0.2) is 5.65 Å². The van der Waals surface area contributed by atoms with Crippen molar-refractivity contribution in [3.05, 3.63) is 29.2 Å². The first kappa shape index (κ1) is 9.60. The average molecular weight is 206 g/mol. The number of aryl methyl sites for hydroxylation is 1. The third-order valence-electron chi connectivity index (χ3n) is 2.10. The minimum absolute atomic E-state index is 0.167. The summed E-state index contributed by atoms with van der Waals surface area (Å²) in [6, 6.07) is 1.70. The highest BCUT2D eigenvalue weighted by atomic mass is 16.3. The van der Waals surface area contributed by atoms with Crippen molar-refractivity contribution in [1.82, 2.24) is 14.6 Å². The van der Waals surface area contributed by atoms with Crippen LogP contribution in [0.1, 0.15) is 21.7 Å². The zero-order valence-electron chi connectivity index (χ0n) is 8.14. The molecule has 6 nitrogen and oxygen atoms in total. The van der Waals surface area contributed by atoms with E-state index in [1.165, 1.54) is 10.7 Å². The second-order valence-electron chi connectivity index (χ2n) is 3.20. The van der Waals surface area contributed by atoms with Crippen LogP contribution in [0.25, 0.3) is 5.65 Å². The van der Waals surface area contributed by atoms with E-state index in [4.69, 9.17) is 10.8 Å². The van der Waals surface area contributed by atoms with Crippen molar-refractivity contribution in [1.29, 1.82) is 0 Å². The summed E-state index contributed by atoms with van der Waals surface area (Å²) in [5.74, 6) is -0.577. The Morgan fingerprint density at radius 2 is 2.40 bits per heavy atom. The van der Waals surface area contributed by atoms with Gasteiger partial charge in [0.2, 0.25) is 0 Å². The van der Waals surface area contributed by atoms with Gasteiger partial charge in [-0.25, -0.2) is 9.50 Å². The van der Waals surface area contributed by atoms with Gasteiger partial charge in [-0.1, -0.05) is 0 Å². The predicted molar refractivity (Wildman–Crippen MR) is 52.2 cm³/mol. The Hall–Kier alpha value is -1.95. The number of primary amides is 1. The topological polar surface area (TPSA) is 93.5 Å². The number of rotatable bonds is 2. The Labute approximate surface area is 85.3 Å². The van der Waals surface area contributed by atoms with Gasteiger partial charge in [0.25, 0.3) is 5.91 Å². The quantitative estimate of drug-likeness (QED) is 0.701. The zero-order valence-corrected chi connectivity index (χ0v) is 8.14. The van der Waals surface area contributed by atoms with E-state index < -0.39 is 5.91 Å². The van der Waals surface area contributed by atoms with Crippen molar-refractivity contribution in [2.45, 2.75) is 13.5 Å². The number of aromatic nitrogens is 3. The Morgan fingerprint density at radius 3 is 3.00 bits per heavy atom. The molecule has 0 unspecified atom stereocenters. The molecule has 0 spiro atoms. The summed E-state index contributed by atoms with van der Waals surface area (Å²) in [6.45, 7) is 1.61. The number of aliphatic hydroxyl groups is 1. The van der Waals surface area contributed by atoms with E-state index in [0.717, 1.165) is 0 Å². The number of amides is 1. The molecule has 78 valence electrons. The largest absolute Gasteiger partial charge is 0.390 e. The normalized spacial score (nSPS) is 10.8. The smallest absolute Gasteiger partial charge is 0.254 e. The number of carbonyl (C=O) groups is 1. The number of hydrogen-bond acceptors (Lipinski definition) is 4. The molecule has 0 saturated heterocycles. The second kappa shape index (κ2) is 3.32. The third-order valence-corrected chi connectivity index (χ3v) is 2.10. The molecule has 0 fully saturated rings. The van der Waals surface area contributed by atoms with Crippen molar-refractivity contribution < 1.29 is 9.90 Å². The van der Waals surface area contributed by atoms with Crippen molar-refractivity contribution in [3.8, 4) is 0 Å². The second-order valence-corrected chi connectivity index (χ2v) is 3.20. The van der Waals surface area contributed by atoms with Gasteiger partial charge < -0.3 is 10.8 Å². The first-order valence-corrected chi connectivity index (χ1v) is 4.38. The molecule has 0 aliphatic carbocycles. The van der Waals surface area contributed by atoms with Gasteiger partial charge in [0.05, 0.1) is 18.5 Å². The lowest BCUT2D eigenvalue weighted by atomic mass is 10.3. The molecule has 0 saturated carbocycles. The van der Waals surface area contributed by atoms with Crippen LogP contribution in [0.2, 0.25) is 0 Å². The summed E-state index contributed by atoms with van der Waals surface area (Å²) in [5.41, 5.74) is 7.09. The van der Waals surface area contributed by atoms with Crippen molar-refractivity contribution >= 4 is 11.6 Å². The molecule has 15 heavy (non-hydrogen) atoms. The summed E-state index contributed by atoms with van der Waals surface area (Å²) >= 11 is 0. The zero-order chi connectivity index (χ0) is 11.0. The fourth-order valence-electron chi connectivity index (χ4n) is 1.45. The summed E-state index contributed by atoms with van der Waals surface area (Å²) < 4.78 is 1.41. The number of nitrogens with zero attached hydrogens (tertiary/aromatic N) is 3. The maximum Gasteiger partial charge on any atom is 0.254 e. The maximum atomic E-state index is 11.1. The Kier molecular flexibility index (Phi) is 2.12. The number of nitrogens with two attached hydrogens (primary N) is 1. The van der Waals surface area contributed by atoms with Gasteiger partial charge in [-0.2, -0.15) is 5.10 Å². The van der Waals surface area contributed by atoms with E-state index in [9.17, 15) is 4.79 Å². The molecule has 2 rings (SSSR count). The molecule has 0 aromatic carbocycles. The van der Waals surface area contributed by atoms with E-state index in [0.29, 0.717) is 17.0 Å². The van der Waals surface area contributed by atoms with Gasteiger partial charge >= 0.3 is 0 Å². The Bertz CT molecular complexity index is 532. The molecular formula is C9H10N4O2. The molecule has 6 heteroatoms. The van der Waals surface area contributed by atoms with Gasteiger partial charge in [-0.05, 0) is 13.0 Å². The molecule has 0 radical (unpaired) electrons. The highest BCUT2D eigenvalue weighted by Gasteiger charge is 2.13. The minimum Gasteiger partial charge on any atom is -0.390 e. The molecule has 0 atom stereocenters. The summed E-state index contributed by atoms with van der Waals surface area (Å²) in [4.78, 5) is 15.2. The van der Waals surface area contributed by atoms with Gasteiger partial charge in [0, 0.05) is 5.69 Å². The number of carbonyl (C=O) groups excluding carboxylic acids is 1. The minimum atomic E-state index is -0.577. The van der Waals surface area contributed by atoms with Crippen molar-refractivity contribution in [2.75, 3.05) is 0 Å². The fourth-order valence-corrected chi connectivity index (χ4v) is 1.45. The van der Waals surface area contributed by atoms with Gasteiger partial charge in [-0.15, -0.1) is 0 Å². The molecular weight excluding hydrogens is 196 g/mol. The van der Waals surface area contributed by atoms with E-state index in [1.54, 1.807) is 13.0 Å².